The second-order valence-electron chi connectivity index (χ2n) is 13.0. The van der Waals surface area contributed by atoms with Crippen LogP contribution in [0, 0.1) is 17.3 Å². The number of aliphatic imine (C=N–C) groups is 1. The van der Waals surface area contributed by atoms with Gasteiger partial charge in [-0.3, -0.25) is 19.4 Å². The van der Waals surface area contributed by atoms with E-state index in [9.17, 15) is 14.4 Å². The first kappa shape index (κ1) is 29.3. The average molecular weight is 538 g/mol. The van der Waals surface area contributed by atoms with Crippen molar-refractivity contribution < 1.29 is 19.5 Å². The molecular formula is C32H47N3O4. The first-order chi connectivity index (χ1) is 18.5. The monoisotopic (exact) mass is 537 g/mol. The molecule has 2 aliphatic carbocycles. The van der Waals surface area contributed by atoms with Crippen LogP contribution in [0.1, 0.15) is 127 Å². The molecule has 3 aliphatic rings. The molecule has 4 rings (SSSR count). The van der Waals surface area contributed by atoms with Crippen LogP contribution in [0.5, 0.6) is 0 Å². The molecule has 0 bridgehead atoms. The van der Waals surface area contributed by atoms with E-state index in [1.165, 1.54) is 19.3 Å². The van der Waals surface area contributed by atoms with Crippen molar-refractivity contribution in [3.05, 3.63) is 35.4 Å². The Morgan fingerprint density at radius 2 is 1.79 bits per heavy atom. The lowest BCUT2D eigenvalue weighted by atomic mass is 9.69. The predicted octanol–water partition coefficient (Wildman–Crippen LogP) is 6.53. The van der Waals surface area contributed by atoms with Crippen molar-refractivity contribution in [1.82, 2.24) is 10.2 Å². The van der Waals surface area contributed by atoms with E-state index in [4.69, 9.17) is 10.1 Å². The minimum Gasteiger partial charge on any atom is -0.481 e. The minimum atomic E-state index is -0.941. The number of aliphatic carboxylic acids is 1. The number of hydrogen-bond donors (Lipinski definition) is 2. The predicted molar refractivity (Wildman–Crippen MR) is 154 cm³/mol. The summed E-state index contributed by atoms with van der Waals surface area (Å²) >= 11 is 0. The first-order valence-electron chi connectivity index (χ1n) is 15.1. The topological polar surface area (TPSA) is 99.1 Å². The Morgan fingerprint density at radius 3 is 2.33 bits per heavy atom. The van der Waals surface area contributed by atoms with Crippen molar-refractivity contribution in [2.75, 3.05) is 6.54 Å². The van der Waals surface area contributed by atoms with Crippen LogP contribution in [0.3, 0.4) is 0 Å². The molecule has 0 aromatic heterocycles. The van der Waals surface area contributed by atoms with Gasteiger partial charge in [-0.1, -0.05) is 71.9 Å². The summed E-state index contributed by atoms with van der Waals surface area (Å²) in [6, 6.07) is 7.44. The number of carboxylic acid groups (broad SMARTS) is 1. The van der Waals surface area contributed by atoms with Crippen molar-refractivity contribution in [2.45, 2.75) is 116 Å². The van der Waals surface area contributed by atoms with E-state index < -0.39 is 11.6 Å². The molecule has 0 unspecified atom stereocenters. The Labute approximate surface area is 233 Å². The zero-order valence-electron chi connectivity index (χ0n) is 24.3. The minimum absolute atomic E-state index is 0.0876. The highest BCUT2D eigenvalue weighted by Crippen LogP contribution is 2.50. The van der Waals surface area contributed by atoms with Gasteiger partial charge in [-0.2, -0.15) is 0 Å². The number of rotatable bonds is 11. The summed E-state index contributed by atoms with van der Waals surface area (Å²) in [5.41, 5.74) is 2.09. The molecule has 7 heteroatoms. The molecule has 1 heterocycles. The Bertz CT molecular complexity index is 1060. The quantitative estimate of drug-likeness (QED) is 0.335. The molecule has 2 fully saturated rings. The van der Waals surface area contributed by atoms with Crippen LogP contribution in [0.4, 0.5) is 0 Å². The van der Waals surface area contributed by atoms with Crippen LogP contribution in [0.2, 0.25) is 0 Å². The van der Waals surface area contributed by atoms with E-state index in [1.54, 1.807) is 12.1 Å². The zero-order chi connectivity index (χ0) is 28.2. The number of carboxylic acids is 1. The summed E-state index contributed by atoms with van der Waals surface area (Å²) in [6.07, 6.45) is 11.2. The summed E-state index contributed by atoms with van der Waals surface area (Å²) in [7, 11) is 0. The fraction of sp³-hybridized carbons (Fsp3) is 0.688. The Hall–Kier alpha value is -2.70. The largest absolute Gasteiger partial charge is 0.481 e. The summed E-state index contributed by atoms with van der Waals surface area (Å²) < 4.78 is 0. The van der Waals surface area contributed by atoms with Gasteiger partial charge in [-0.05, 0) is 73.5 Å². The normalized spacial score (nSPS) is 24.4. The van der Waals surface area contributed by atoms with Gasteiger partial charge >= 0.3 is 5.97 Å². The van der Waals surface area contributed by atoms with E-state index in [-0.39, 0.29) is 36.2 Å². The second-order valence-corrected chi connectivity index (χ2v) is 13.0. The summed E-state index contributed by atoms with van der Waals surface area (Å²) in [5.74, 6) is 0.104. The van der Waals surface area contributed by atoms with Gasteiger partial charge < -0.3 is 15.3 Å². The van der Waals surface area contributed by atoms with E-state index in [0.717, 1.165) is 62.6 Å². The Kier molecular flexibility index (Phi) is 9.18. The van der Waals surface area contributed by atoms with Crippen molar-refractivity contribution in [3.63, 3.8) is 0 Å². The average Bonchev–Trinajstić information content (AvgIpc) is 3.12. The molecule has 1 spiro atoms. The highest BCUT2D eigenvalue weighted by atomic mass is 16.4. The molecule has 1 aromatic carbocycles. The van der Waals surface area contributed by atoms with Crippen LogP contribution in [0.15, 0.2) is 29.3 Å². The van der Waals surface area contributed by atoms with Gasteiger partial charge in [0.1, 0.15) is 11.4 Å². The van der Waals surface area contributed by atoms with Crippen LogP contribution >= 0.6 is 0 Å². The van der Waals surface area contributed by atoms with Crippen molar-refractivity contribution in [1.29, 1.82) is 0 Å². The van der Waals surface area contributed by atoms with Gasteiger partial charge in [0.25, 0.3) is 11.8 Å². The standard InChI is InChI=1S/C32H47N3O4/c1-5-6-10-27(23-11-13-24(14-12-23)29(38)33-20-17-28(36)37)35-30(39)26(21-22-8-7-9-22)34-32(35)18-15-25(16-19-32)31(2,3)4/h11-14,22,25,27H,5-10,15-21H2,1-4H3,(H,33,38)(H,36,37)/t25?,27-,32?/m1/s1. The number of hydrogen-bond acceptors (Lipinski definition) is 4. The van der Waals surface area contributed by atoms with Crippen LogP contribution < -0.4 is 5.32 Å². The number of unbranched alkanes of at least 4 members (excludes halogenated alkanes) is 1. The van der Waals surface area contributed by atoms with Crippen LogP contribution in [-0.4, -0.2) is 45.7 Å². The molecule has 0 radical (unpaired) electrons. The summed E-state index contributed by atoms with van der Waals surface area (Å²) in [6.45, 7) is 9.23. The van der Waals surface area contributed by atoms with Crippen molar-refractivity contribution >= 4 is 23.5 Å². The number of nitrogens with one attached hydrogen (secondary N) is 1. The number of amides is 2. The molecule has 1 aliphatic heterocycles. The van der Waals surface area contributed by atoms with E-state index in [0.29, 0.717) is 17.4 Å². The molecule has 1 aromatic rings. The Morgan fingerprint density at radius 1 is 1.13 bits per heavy atom. The maximum absolute atomic E-state index is 14.1. The van der Waals surface area contributed by atoms with Gasteiger partial charge in [0.15, 0.2) is 0 Å². The second kappa shape index (κ2) is 12.2. The van der Waals surface area contributed by atoms with Gasteiger partial charge in [0, 0.05) is 12.1 Å². The fourth-order valence-corrected chi connectivity index (χ4v) is 6.60. The molecule has 39 heavy (non-hydrogen) atoms. The van der Waals surface area contributed by atoms with Crippen molar-refractivity contribution in [2.24, 2.45) is 22.2 Å². The first-order valence-corrected chi connectivity index (χ1v) is 15.1. The lowest BCUT2D eigenvalue weighted by molar-refractivity contribution is -0.137. The molecule has 2 saturated carbocycles. The van der Waals surface area contributed by atoms with Gasteiger partial charge in [-0.25, -0.2) is 0 Å². The number of benzene rings is 1. The van der Waals surface area contributed by atoms with Gasteiger partial charge in [0.05, 0.1) is 12.5 Å². The maximum Gasteiger partial charge on any atom is 0.305 e. The Balaban J connectivity index is 1.60. The van der Waals surface area contributed by atoms with E-state index in [2.05, 4.69) is 37.9 Å². The maximum atomic E-state index is 14.1. The number of carbonyl (C=O) groups excluding carboxylic acids is 2. The van der Waals surface area contributed by atoms with E-state index >= 15 is 0 Å². The molecule has 2 amide bonds. The lowest BCUT2D eigenvalue weighted by Gasteiger charge is -2.47. The smallest absolute Gasteiger partial charge is 0.305 e. The van der Waals surface area contributed by atoms with Crippen molar-refractivity contribution in [3.8, 4) is 0 Å². The zero-order valence-corrected chi connectivity index (χ0v) is 24.3. The lowest BCUT2D eigenvalue weighted by Crippen LogP contribution is -2.51. The SMILES string of the molecule is CCCC[C@H](c1ccc(C(=O)NCCC(=O)O)cc1)N1C(=O)C(CC2CCC2)=NC12CCC(C(C)(C)C)CC2. The van der Waals surface area contributed by atoms with E-state index in [1.807, 2.05) is 12.1 Å². The number of carbonyl (C=O) groups is 3. The molecular weight excluding hydrogens is 490 g/mol. The fourth-order valence-electron chi connectivity index (χ4n) is 6.60. The molecule has 7 nitrogen and oxygen atoms in total. The molecule has 0 saturated heterocycles. The summed E-state index contributed by atoms with van der Waals surface area (Å²) in [5, 5.41) is 11.5. The van der Waals surface area contributed by atoms with Crippen LogP contribution in [-0.2, 0) is 9.59 Å². The third-order valence-electron chi connectivity index (χ3n) is 9.30. The van der Waals surface area contributed by atoms with Gasteiger partial charge in [-0.15, -0.1) is 0 Å². The molecule has 2 N–H and O–H groups in total. The van der Waals surface area contributed by atoms with Gasteiger partial charge in [0.2, 0.25) is 0 Å². The third-order valence-corrected chi connectivity index (χ3v) is 9.30. The highest BCUT2D eigenvalue weighted by Gasteiger charge is 2.52. The van der Waals surface area contributed by atoms with Crippen LogP contribution in [0.25, 0.3) is 0 Å². The molecule has 1 atom stereocenters. The highest BCUT2D eigenvalue weighted by molar-refractivity contribution is 6.40. The third kappa shape index (κ3) is 6.72. The molecule has 214 valence electrons. The summed E-state index contributed by atoms with van der Waals surface area (Å²) in [4.78, 5) is 44.9. The number of nitrogens with zero attached hydrogens (tertiary/aromatic N) is 2.